The van der Waals surface area contributed by atoms with Crippen molar-refractivity contribution < 1.29 is 18.0 Å². The van der Waals surface area contributed by atoms with Crippen LogP contribution in [0.5, 0.6) is 0 Å². The van der Waals surface area contributed by atoms with E-state index in [1.54, 1.807) is 6.92 Å². The number of thiophene rings is 1. The molecule has 0 spiro atoms. The van der Waals surface area contributed by atoms with Crippen LogP contribution in [0.1, 0.15) is 19.8 Å². The summed E-state index contributed by atoms with van der Waals surface area (Å²) >= 11 is 2.54. The third kappa shape index (κ3) is 4.97. The topological polar surface area (TPSA) is 61.9 Å². The first kappa shape index (κ1) is 18.2. The predicted octanol–water partition coefficient (Wildman–Crippen LogP) is 3.81. The highest BCUT2D eigenvalue weighted by Gasteiger charge is 2.40. The molecule has 1 amide bonds. The Hall–Kier alpha value is -1.55. The van der Waals surface area contributed by atoms with Gasteiger partial charge in [-0.15, -0.1) is 16.4 Å². The largest absolute Gasteiger partial charge is 0.406 e. The number of aromatic amines is 1. The smallest absolute Gasteiger partial charge is 0.330 e. The lowest BCUT2D eigenvalue weighted by Crippen LogP contribution is -2.46. The molecule has 0 radical (unpaired) electrons. The minimum absolute atomic E-state index is 0.116. The second kappa shape index (κ2) is 7.36. The van der Waals surface area contributed by atoms with E-state index >= 15 is 0 Å². The number of rotatable bonds is 7. The van der Waals surface area contributed by atoms with E-state index in [4.69, 9.17) is 0 Å². The maximum Gasteiger partial charge on any atom is 0.406 e. The number of carbonyl (C=O) groups excluding carboxylic acids is 1. The molecule has 10 heteroatoms. The number of H-pyrrole nitrogens is 1. The molecular formula is C15H17F3N4OS2. The van der Waals surface area contributed by atoms with Gasteiger partial charge in [-0.2, -0.15) is 13.2 Å². The zero-order chi connectivity index (χ0) is 18.0. The van der Waals surface area contributed by atoms with E-state index in [9.17, 15) is 18.0 Å². The number of nitrogens with zero attached hydrogens (tertiary/aromatic N) is 3. The van der Waals surface area contributed by atoms with Gasteiger partial charge in [0, 0.05) is 6.04 Å². The molecule has 1 fully saturated rings. The van der Waals surface area contributed by atoms with E-state index in [1.807, 2.05) is 17.5 Å². The molecular weight excluding hydrogens is 373 g/mol. The van der Waals surface area contributed by atoms with Crippen LogP contribution in [-0.2, 0) is 4.79 Å². The quantitative estimate of drug-likeness (QED) is 0.730. The third-order valence-electron chi connectivity index (χ3n) is 4.01. The highest BCUT2D eigenvalue weighted by atomic mass is 32.2. The lowest BCUT2D eigenvalue weighted by molar-refractivity contribution is -0.164. The molecule has 0 aliphatic heterocycles. The van der Waals surface area contributed by atoms with Crippen molar-refractivity contribution in [2.24, 2.45) is 5.92 Å². The Morgan fingerprint density at radius 3 is 2.88 bits per heavy atom. The standard InChI is InChI=1S/C15H17F3N4OS2/c1-9(10-4-5-10)22(8-15(16,17)18)12(23)7-25-14-19-13(20-21-14)11-3-2-6-24-11/h2-3,6,9-10H,4-5,7-8H2,1H3,(H,19,20,21)/t9-/m1/s1. The highest BCUT2D eigenvalue weighted by Crippen LogP contribution is 2.36. The number of halogens is 3. The number of amides is 1. The average molecular weight is 390 g/mol. The molecule has 1 saturated carbocycles. The Labute approximate surface area is 151 Å². The lowest BCUT2D eigenvalue weighted by Gasteiger charge is -2.30. The maximum atomic E-state index is 12.8. The van der Waals surface area contributed by atoms with Crippen LogP contribution in [0.15, 0.2) is 22.7 Å². The van der Waals surface area contributed by atoms with E-state index in [2.05, 4.69) is 15.2 Å². The van der Waals surface area contributed by atoms with Gasteiger partial charge in [-0.05, 0) is 37.1 Å². The number of thioether (sulfide) groups is 1. The molecule has 0 saturated heterocycles. The van der Waals surface area contributed by atoms with Crippen LogP contribution < -0.4 is 0 Å². The molecule has 2 aromatic rings. The van der Waals surface area contributed by atoms with E-state index in [0.717, 1.165) is 34.4 Å². The molecule has 3 rings (SSSR count). The number of hydrogen-bond acceptors (Lipinski definition) is 5. The van der Waals surface area contributed by atoms with Gasteiger partial charge in [0.2, 0.25) is 11.1 Å². The van der Waals surface area contributed by atoms with Crippen molar-refractivity contribution in [1.29, 1.82) is 0 Å². The fraction of sp³-hybridized carbons (Fsp3) is 0.533. The molecule has 25 heavy (non-hydrogen) atoms. The summed E-state index contributed by atoms with van der Waals surface area (Å²) < 4.78 is 38.4. The number of carbonyl (C=O) groups is 1. The van der Waals surface area contributed by atoms with Crippen LogP contribution in [0, 0.1) is 5.92 Å². The van der Waals surface area contributed by atoms with Gasteiger partial charge in [0.15, 0.2) is 5.82 Å². The summed E-state index contributed by atoms with van der Waals surface area (Å²) in [6.45, 7) is 0.478. The van der Waals surface area contributed by atoms with Crippen molar-refractivity contribution in [1.82, 2.24) is 20.1 Å². The molecule has 0 aromatic carbocycles. The van der Waals surface area contributed by atoms with Crippen LogP contribution in [-0.4, -0.2) is 50.5 Å². The minimum atomic E-state index is -4.40. The monoisotopic (exact) mass is 390 g/mol. The number of hydrogen-bond donors (Lipinski definition) is 1. The second-order valence-electron chi connectivity index (χ2n) is 5.95. The Morgan fingerprint density at radius 2 is 2.28 bits per heavy atom. The number of nitrogens with one attached hydrogen (secondary N) is 1. The Balaban J connectivity index is 1.61. The van der Waals surface area contributed by atoms with Gasteiger partial charge in [-0.1, -0.05) is 17.8 Å². The predicted molar refractivity (Wildman–Crippen MR) is 90.4 cm³/mol. The Bertz CT molecular complexity index is 713. The molecule has 1 N–H and O–H groups in total. The van der Waals surface area contributed by atoms with Crippen LogP contribution in [0.2, 0.25) is 0 Å². The first-order valence-corrected chi connectivity index (χ1v) is 9.65. The van der Waals surface area contributed by atoms with Gasteiger partial charge in [0.25, 0.3) is 0 Å². The van der Waals surface area contributed by atoms with Crippen LogP contribution in [0.4, 0.5) is 13.2 Å². The zero-order valence-corrected chi connectivity index (χ0v) is 15.0. The van der Waals surface area contributed by atoms with Gasteiger partial charge < -0.3 is 4.90 Å². The maximum absolute atomic E-state index is 12.8. The third-order valence-corrected chi connectivity index (χ3v) is 5.72. The molecule has 0 bridgehead atoms. The molecule has 136 valence electrons. The summed E-state index contributed by atoms with van der Waals surface area (Å²) in [5.41, 5.74) is 0. The van der Waals surface area contributed by atoms with Crippen LogP contribution >= 0.6 is 23.1 Å². The molecule has 1 aliphatic rings. The van der Waals surface area contributed by atoms with E-state index in [1.165, 1.54) is 11.3 Å². The molecule has 1 atom stereocenters. The first-order valence-electron chi connectivity index (χ1n) is 7.79. The summed E-state index contributed by atoms with van der Waals surface area (Å²) in [4.78, 5) is 18.5. The van der Waals surface area contributed by atoms with Gasteiger partial charge >= 0.3 is 6.18 Å². The summed E-state index contributed by atoms with van der Waals surface area (Å²) in [5.74, 6) is 0.104. The average Bonchev–Trinajstić information content (AvgIpc) is 3.06. The van der Waals surface area contributed by atoms with E-state index in [0.29, 0.717) is 11.0 Å². The molecule has 2 heterocycles. The summed E-state index contributed by atoms with van der Waals surface area (Å²) in [6.07, 6.45) is -2.65. The number of aromatic nitrogens is 3. The normalized spacial score (nSPS) is 16.0. The minimum Gasteiger partial charge on any atom is -0.330 e. The highest BCUT2D eigenvalue weighted by molar-refractivity contribution is 7.99. The lowest BCUT2D eigenvalue weighted by atomic mass is 10.2. The van der Waals surface area contributed by atoms with E-state index < -0.39 is 24.7 Å². The van der Waals surface area contributed by atoms with Gasteiger partial charge in [-0.3, -0.25) is 9.89 Å². The molecule has 2 aromatic heterocycles. The molecule has 5 nitrogen and oxygen atoms in total. The van der Waals surface area contributed by atoms with Crippen molar-refractivity contribution in [3.05, 3.63) is 17.5 Å². The summed E-state index contributed by atoms with van der Waals surface area (Å²) in [5, 5.41) is 9.04. The van der Waals surface area contributed by atoms with Crippen molar-refractivity contribution in [2.45, 2.75) is 37.1 Å². The van der Waals surface area contributed by atoms with Crippen LogP contribution in [0.3, 0.4) is 0 Å². The summed E-state index contributed by atoms with van der Waals surface area (Å²) in [7, 11) is 0. The Kier molecular flexibility index (Phi) is 5.38. The molecule has 0 unspecified atom stereocenters. The van der Waals surface area contributed by atoms with Crippen molar-refractivity contribution in [3.8, 4) is 10.7 Å². The fourth-order valence-electron chi connectivity index (χ4n) is 2.53. The number of alkyl halides is 3. The van der Waals surface area contributed by atoms with Crippen molar-refractivity contribution in [3.63, 3.8) is 0 Å². The van der Waals surface area contributed by atoms with Crippen LogP contribution in [0.25, 0.3) is 10.7 Å². The first-order chi connectivity index (χ1) is 11.8. The van der Waals surface area contributed by atoms with Crippen molar-refractivity contribution >= 4 is 29.0 Å². The second-order valence-corrected chi connectivity index (χ2v) is 7.84. The Morgan fingerprint density at radius 1 is 1.52 bits per heavy atom. The SMILES string of the molecule is C[C@H](C1CC1)N(CC(F)(F)F)C(=O)CSc1n[nH]c(-c2cccs2)n1. The summed E-state index contributed by atoms with van der Waals surface area (Å²) in [6, 6.07) is 3.36. The van der Waals surface area contributed by atoms with Crippen molar-refractivity contribution in [2.75, 3.05) is 12.3 Å². The zero-order valence-electron chi connectivity index (χ0n) is 13.4. The fourth-order valence-corrected chi connectivity index (χ4v) is 3.88. The van der Waals surface area contributed by atoms with Gasteiger partial charge in [0.05, 0.1) is 10.6 Å². The van der Waals surface area contributed by atoms with Gasteiger partial charge in [-0.25, -0.2) is 4.98 Å². The van der Waals surface area contributed by atoms with Gasteiger partial charge in [0.1, 0.15) is 6.54 Å². The molecule has 1 aliphatic carbocycles. The van der Waals surface area contributed by atoms with E-state index in [-0.39, 0.29) is 11.7 Å².